The topological polar surface area (TPSA) is 62.8 Å². The largest absolute Gasteiger partial charge is 0.369 e. The standard InChI is InChI=1S/C9H18N4/c1-7-4-3-5-8(6-7)12-13-9(10)11-2/h7H,3-6H2,1-2H3,(H3,10,11,13)/b12-8-/t7-/m0/s1. The lowest BCUT2D eigenvalue weighted by atomic mass is 9.89. The molecule has 0 aromatic carbocycles. The van der Waals surface area contributed by atoms with E-state index >= 15 is 0 Å². The highest BCUT2D eigenvalue weighted by Gasteiger charge is 2.13. The molecule has 0 amide bonds. The maximum atomic E-state index is 5.46. The molecular weight excluding hydrogens is 164 g/mol. The van der Waals surface area contributed by atoms with Crippen molar-refractivity contribution in [1.82, 2.24) is 5.43 Å². The van der Waals surface area contributed by atoms with Crippen LogP contribution in [0.1, 0.15) is 32.6 Å². The van der Waals surface area contributed by atoms with Crippen molar-refractivity contribution in [3.63, 3.8) is 0 Å². The van der Waals surface area contributed by atoms with Gasteiger partial charge in [0.1, 0.15) is 0 Å². The fraction of sp³-hybridized carbons (Fsp3) is 0.778. The lowest BCUT2D eigenvalue weighted by molar-refractivity contribution is 0.498. The van der Waals surface area contributed by atoms with Crippen LogP contribution in [0.2, 0.25) is 0 Å². The van der Waals surface area contributed by atoms with Crippen molar-refractivity contribution in [2.24, 2.45) is 21.7 Å². The van der Waals surface area contributed by atoms with E-state index in [0.717, 1.165) is 18.8 Å². The van der Waals surface area contributed by atoms with Crippen molar-refractivity contribution in [2.75, 3.05) is 7.05 Å². The lowest BCUT2D eigenvalue weighted by Crippen LogP contribution is -2.29. The van der Waals surface area contributed by atoms with E-state index < -0.39 is 0 Å². The molecule has 0 saturated heterocycles. The smallest absolute Gasteiger partial charge is 0.209 e. The fourth-order valence-electron chi connectivity index (χ4n) is 1.55. The predicted octanol–water partition coefficient (Wildman–Crippen LogP) is 1.09. The van der Waals surface area contributed by atoms with Gasteiger partial charge >= 0.3 is 0 Å². The van der Waals surface area contributed by atoms with Crippen molar-refractivity contribution < 1.29 is 0 Å². The molecule has 1 atom stereocenters. The number of guanidine groups is 1. The van der Waals surface area contributed by atoms with E-state index in [0.29, 0.717) is 5.96 Å². The van der Waals surface area contributed by atoms with E-state index in [1.165, 1.54) is 18.6 Å². The molecule has 1 aliphatic carbocycles. The average molecular weight is 182 g/mol. The third kappa shape index (κ3) is 3.44. The Hall–Kier alpha value is -1.06. The molecule has 3 N–H and O–H groups in total. The summed E-state index contributed by atoms with van der Waals surface area (Å²) in [6.07, 6.45) is 4.74. The van der Waals surface area contributed by atoms with Gasteiger partial charge in [-0.15, -0.1) is 0 Å². The molecule has 4 heteroatoms. The molecule has 4 nitrogen and oxygen atoms in total. The highest BCUT2D eigenvalue weighted by molar-refractivity contribution is 5.87. The van der Waals surface area contributed by atoms with Gasteiger partial charge in [0.15, 0.2) is 0 Å². The van der Waals surface area contributed by atoms with Gasteiger partial charge in [-0.1, -0.05) is 6.92 Å². The molecule has 13 heavy (non-hydrogen) atoms. The number of rotatable bonds is 1. The number of nitrogens with zero attached hydrogens (tertiary/aromatic N) is 2. The average Bonchev–Trinajstić information content (AvgIpc) is 2.14. The van der Waals surface area contributed by atoms with Gasteiger partial charge in [-0.2, -0.15) is 5.10 Å². The van der Waals surface area contributed by atoms with Crippen molar-refractivity contribution in [1.29, 1.82) is 0 Å². The van der Waals surface area contributed by atoms with Crippen LogP contribution in [0.4, 0.5) is 0 Å². The van der Waals surface area contributed by atoms with Crippen LogP contribution in [0.25, 0.3) is 0 Å². The van der Waals surface area contributed by atoms with Gasteiger partial charge in [-0.05, 0) is 31.6 Å². The number of nitrogens with two attached hydrogens (primary N) is 1. The number of aliphatic imine (C=N–C) groups is 1. The number of nitrogens with one attached hydrogen (secondary N) is 1. The highest BCUT2D eigenvalue weighted by Crippen LogP contribution is 2.20. The van der Waals surface area contributed by atoms with Crippen LogP contribution >= 0.6 is 0 Å². The first-order valence-electron chi connectivity index (χ1n) is 4.76. The van der Waals surface area contributed by atoms with E-state index in [4.69, 9.17) is 5.73 Å². The summed E-state index contributed by atoms with van der Waals surface area (Å²) >= 11 is 0. The van der Waals surface area contributed by atoms with Gasteiger partial charge in [0.05, 0.1) is 0 Å². The third-order valence-electron chi connectivity index (χ3n) is 2.32. The second-order valence-electron chi connectivity index (χ2n) is 3.60. The Morgan fingerprint density at radius 2 is 2.38 bits per heavy atom. The van der Waals surface area contributed by atoms with Crippen LogP contribution in [0.5, 0.6) is 0 Å². The molecule has 0 radical (unpaired) electrons. The number of hydrogen-bond donors (Lipinski definition) is 2. The Morgan fingerprint density at radius 3 is 3.00 bits per heavy atom. The number of hydrogen-bond acceptors (Lipinski definition) is 2. The van der Waals surface area contributed by atoms with Crippen molar-refractivity contribution >= 4 is 11.7 Å². The first-order chi connectivity index (χ1) is 6.22. The Balaban J connectivity index is 2.41. The maximum Gasteiger partial charge on any atom is 0.209 e. The summed E-state index contributed by atoms with van der Waals surface area (Å²) < 4.78 is 0. The zero-order valence-electron chi connectivity index (χ0n) is 8.38. The second kappa shape index (κ2) is 4.84. The van der Waals surface area contributed by atoms with Crippen LogP contribution in [0.15, 0.2) is 10.1 Å². The van der Waals surface area contributed by atoms with E-state index in [1.807, 2.05) is 0 Å². The summed E-state index contributed by atoms with van der Waals surface area (Å²) in [6.45, 7) is 2.26. The zero-order chi connectivity index (χ0) is 9.68. The first kappa shape index (κ1) is 10.0. The highest BCUT2D eigenvalue weighted by atomic mass is 15.4. The van der Waals surface area contributed by atoms with Gasteiger partial charge in [0.25, 0.3) is 0 Å². The molecule has 74 valence electrons. The minimum absolute atomic E-state index is 0.380. The van der Waals surface area contributed by atoms with E-state index in [2.05, 4.69) is 22.4 Å². The van der Waals surface area contributed by atoms with Gasteiger partial charge in [-0.3, -0.25) is 4.99 Å². The van der Waals surface area contributed by atoms with Crippen molar-refractivity contribution in [3.05, 3.63) is 0 Å². The Labute approximate surface area is 79.3 Å². The molecule has 0 aromatic rings. The summed E-state index contributed by atoms with van der Waals surface area (Å²) in [5.74, 6) is 1.14. The van der Waals surface area contributed by atoms with Crippen LogP contribution < -0.4 is 11.2 Å². The third-order valence-corrected chi connectivity index (χ3v) is 2.32. The molecule has 1 saturated carbocycles. The summed E-state index contributed by atoms with van der Waals surface area (Å²) in [7, 11) is 1.64. The molecule has 0 bridgehead atoms. The normalized spacial score (nSPS) is 27.7. The molecule has 0 aliphatic heterocycles. The van der Waals surface area contributed by atoms with Crippen molar-refractivity contribution in [2.45, 2.75) is 32.6 Å². The predicted molar refractivity (Wildman–Crippen MR) is 55.7 cm³/mol. The summed E-state index contributed by atoms with van der Waals surface area (Å²) in [5, 5.41) is 4.22. The van der Waals surface area contributed by atoms with Gasteiger partial charge in [0.2, 0.25) is 5.96 Å². The van der Waals surface area contributed by atoms with Crippen LogP contribution in [-0.4, -0.2) is 18.7 Å². The molecule has 1 fully saturated rings. The molecule has 1 aliphatic rings. The molecule has 0 heterocycles. The number of hydrazone groups is 1. The molecule has 0 aromatic heterocycles. The van der Waals surface area contributed by atoms with Gasteiger partial charge < -0.3 is 5.73 Å². The zero-order valence-corrected chi connectivity index (χ0v) is 8.38. The minimum atomic E-state index is 0.380. The van der Waals surface area contributed by atoms with Crippen LogP contribution in [-0.2, 0) is 0 Å². The monoisotopic (exact) mass is 182 g/mol. The SMILES string of the molecule is CN=C(N)N/N=C1/CCC[C@H](C)C1. The minimum Gasteiger partial charge on any atom is -0.369 e. The molecular formula is C9H18N4. The summed E-state index contributed by atoms with van der Waals surface area (Å²) in [6, 6.07) is 0. The first-order valence-corrected chi connectivity index (χ1v) is 4.76. The second-order valence-corrected chi connectivity index (χ2v) is 3.60. The Morgan fingerprint density at radius 1 is 1.62 bits per heavy atom. The van der Waals surface area contributed by atoms with E-state index in [9.17, 15) is 0 Å². The Bertz CT molecular complexity index is 220. The Kier molecular flexibility index (Phi) is 3.73. The quantitative estimate of drug-likeness (QED) is 0.362. The molecule has 0 unspecified atom stereocenters. The maximum absolute atomic E-state index is 5.46. The molecule has 0 spiro atoms. The van der Waals surface area contributed by atoms with Crippen LogP contribution in [0, 0.1) is 5.92 Å². The van der Waals surface area contributed by atoms with E-state index in [1.54, 1.807) is 7.05 Å². The molecule has 1 rings (SSSR count). The summed E-state index contributed by atoms with van der Waals surface area (Å²) in [5.41, 5.74) is 9.41. The summed E-state index contributed by atoms with van der Waals surface area (Å²) in [4.78, 5) is 3.77. The van der Waals surface area contributed by atoms with E-state index in [-0.39, 0.29) is 0 Å². The van der Waals surface area contributed by atoms with Gasteiger partial charge in [-0.25, -0.2) is 5.43 Å². The fourth-order valence-corrected chi connectivity index (χ4v) is 1.55. The lowest BCUT2D eigenvalue weighted by Gasteiger charge is -2.18. The van der Waals surface area contributed by atoms with Gasteiger partial charge in [0, 0.05) is 12.8 Å². The van der Waals surface area contributed by atoms with Crippen LogP contribution in [0.3, 0.4) is 0 Å². The van der Waals surface area contributed by atoms with Crippen molar-refractivity contribution in [3.8, 4) is 0 Å².